The molecule has 3 rings (SSSR count). The van der Waals surface area contributed by atoms with E-state index in [0.717, 1.165) is 9.26 Å². The van der Waals surface area contributed by atoms with Crippen molar-refractivity contribution in [3.63, 3.8) is 0 Å². The van der Waals surface area contributed by atoms with E-state index in [2.05, 4.69) is 32.9 Å². The van der Waals surface area contributed by atoms with E-state index < -0.39 is 0 Å². The second-order valence-corrected chi connectivity index (χ2v) is 5.45. The molecular formula is C15H10IN3O. The summed E-state index contributed by atoms with van der Waals surface area (Å²) >= 11 is 2.19. The van der Waals surface area contributed by atoms with Crippen LogP contribution >= 0.6 is 22.6 Å². The van der Waals surface area contributed by atoms with Gasteiger partial charge in [0.1, 0.15) is 5.69 Å². The molecule has 0 fully saturated rings. The van der Waals surface area contributed by atoms with Gasteiger partial charge in [-0.15, -0.1) is 5.10 Å². The fourth-order valence-corrected chi connectivity index (χ4v) is 2.47. The highest BCUT2D eigenvalue weighted by molar-refractivity contribution is 14.1. The summed E-state index contributed by atoms with van der Waals surface area (Å²) in [7, 11) is 0. The molecule has 0 atom stereocenters. The van der Waals surface area contributed by atoms with Crippen molar-refractivity contribution in [3.8, 4) is 5.69 Å². The molecule has 3 aromatic rings. The molecule has 20 heavy (non-hydrogen) atoms. The lowest BCUT2D eigenvalue weighted by Gasteiger charge is -2.05. The van der Waals surface area contributed by atoms with E-state index >= 15 is 0 Å². The molecule has 0 radical (unpaired) electrons. The lowest BCUT2D eigenvalue weighted by molar-refractivity contribution is 0.103. The average Bonchev–Trinajstić information content (AvgIpc) is 2.97. The molecule has 1 heterocycles. The number of halogens is 1. The van der Waals surface area contributed by atoms with Gasteiger partial charge in [0.2, 0.25) is 5.78 Å². The first-order valence-corrected chi connectivity index (χ1v) is 7.10. The quantitative estimate of drug-likeness (QED) is 0.522. The molecule has 0 spiro atoms. The molecule has 0 N–H and O–H groups in total. The third-order valence-electron chi connectivity index (χ3n) is 2.87. The maximum Gasteiger partial charge on any atom is 0.213 e. The maximum absolute atomic E-state index is 12.5. The summed E-state index contributed by atoms with van der Waals surface area (Å²) < 4.78 is 2.58. The van der Waals surface area contributed by atoms with Gasteiger partial charge in [-0.2, -0.15) is 0 Å². The zero-order valence-electron chi connectivity index (χ0n) is 10.4. The van der Waals surface area contributed by atoms with Gasteiger partial charge in [-0.1, -0.05) is 35.5 Å². The number of ketones is 1. The van der Waals surface area contributed by atoms with Gasteiger partial charge < -0.3 is 0 Å². The number of hydrogen-bond acceptors (Lipinski definition) is 3. The van der Waals surface area contributed by atoms with Crippen LogP contribution in [-0.4, -0.2) is 20.8 Å². The second kappa shape index (κ2) is 5.54. The maximum atomic E-state index is 12.5. The normalized spacial score (nSPS) is 10.4. The topological polar surface area (TPSA) is 47.8 Å². The Morgan fingerprint density at radius 2 is 1.85 bits per heavy atom. The molecule has 5 heteroatoms. The number of carbonyl (C=O) groups is 1. The molecule has 0 aliphatic rings. The average molecular weight is 375 g/mol. The van der Waals surface area contributed by atoms with Gasteiger partial charge >= 0.3 is 0 Å². The van der Waals surface area contributed by atoms with Gasteiger partial charge in [0, 0.05) is 9.13 Å². The van der Waals surface area contributed by atoms with Crippen LogP contribution in [0.25, 0.3) is 5.69 Å². The predicted molar refractivity (Wildman–Crippen MR) is 84.0 cm³/mol. The van der Waals surface area contributed by atoms with E-state index in [1.165, 1.54) is 6.20 Å². The highest BCUT2D eigenvalue weighted by Gasteiger charge is 2.16. The predicted octanol–water partition coefficient (Wildman–Crippen LogP) is 3.10. The Kier molecular flexibility index (Phi) is 3.60. The van der Waals surface area contributed by atoms with Gasteiger partial charge in [0.05, 0.1) is 11.9 Å². The smallest absolute Gasteiger partial charge is 0.213 e. The Morgan fingerprint density at radius 1 is 1.05 bits per heavy atom. The first-order chi connectivity index (χ1) is 9.75. The Balaban J connectivity index is 2.04. The molecule has 2 aromatic carbocycles. The summed E-state index contributed by atoms with van der Waals surface area (Å²) in [5.74, 6) is -0.0858. The SMILES string of the molecule is O=C(c1cccc(I)c1)c1cnnn1-c1ccccc1. The largest absolute Gasteiger partial charge is 0.287 e. The number of carbonyl (C=O) groups excluding carboxylic acids is 1. The number of aromatic nitrogens is 3. The summed E-state index contributed by atoms with van der Waals surface area (Å²) in [6, 6.07) is 17.0. The fraction of sp³-hybridized carbons (Fsp3) is 0. The Bertz CT molecular complexity index is 753. The van der Waals surface area contributed by atoms with Gasteiger partial charge in [-0.25, -0.2) is 4.68 Å². The first-order valence-electron chi connectivity index (χ1n) is 6.02. The van der Waals surface area contributed by atoms with Gasteiger partial charge in [-0.05, 0) is 46.9 Å². The summed E-state index contributed by atoms with van der Waals surface area (Å²) in [6.07, 6.45) is 1.50. The van der Waals surface area contributed by atoms with Gasteiger partial charge in [0.25, 0.3) is 0 Å². The van der Waals surface area contributed by atoms with E-state index in [-0.39, 0.29) is 5.78 Å². The molecular weight excluding hydrogens is 365 g/mol. The van der Waals surface area contributed by atoms with Crippen LogP contribution in [-0.2, 0) is 0 Å². The zero-order valence-corrected chi connectivity index (χ0v) is 12.6. The number of para-hydroxylation sites is 1. The lowest BCUT2D eigenvalue weighted by Crippen LogP contribution is -2.10. The molecule has 0 saturated heterocycles. The Morgan fingerprint density at radius 3 is 2.60 bits per heavy atom. The summed E-state index contributed by atoms with van der Waals surface area (Å²) in [5.41, 5.74) is 1.91. The summed E-state index contributed by atoms with van der Waals surface area (Å²) in [4.78, 5) is 12.5. The highest BCUT2D eigenvalue weighted by Crippen LogP contribution is 2.15. The van der Waals surface area contributed by atoms with Crippen molar-refractivity contribution >= 4 is 28.4 Å². The molecule has 0 unspecified atom stereocenters. The Hall–Kier alpha value is -2.02. The van der Waals surface area contributed by atoms with Crippen molar-refractivity contribution in [2.75, 3.05) is 0 Å². The second-order valence-electron chi connectivity index (χ2n) is 4.21. The third kappa shape index (κ3) is 2.49. The van der Waals surface area contributed by atoms with E-state index in [1.807, 2.05) is 48.5 Å². The van der Waals surface area contributed by atoms with Crippen LogP contribution in [0.3, 0.4) is 0 Å². The molecule has 98 valence electrons. The minimum absolute atomic E-state index is 0.0858. The van der Waals surface area contributed by atoms with Crippen LogP contribution in [0.2, 0.25) is 0 Å². The lowest BCUT2D eigenvalue weighted by atomic mass is 10.1. The fourth-order valence-electron chi connectivity index (χ4n) is 1.93. The minimum Gasteiger partial charge on any atom is -0.287 e. The van der Waals surface area contributed by atoms with Crippen LogP contribution in [0, 0.1) is 3.57 Å². The molecule has 0 saturated carbocycles. The van der Waals surface area contributed by atoms with Crippen molar-refractivity contribution in [3.05, 3.63) is 75.6 Å². The van der Waals surface area contributed by atoms with E-state index in [9.17, 15) is 4.79 Å². The third-order valence-corrected chi connectivity index (χ3v) is 3.54. The van der Waals surface area contributed by atoms with Crippen molar-refractivity contribution in [1.29, 1.82) is 0 Å². The number of hydrogen-bond donors (Lipinski definition) is 0. The van der Waals surface area contributed by atoms with Crippen molar-refractivity contribution < 1.29 is 4.79 Å². The van der Waals surface area contributed by atoms with Crippen LogP contribution in [0.1, 0.15) is 16.1 Å². The molecule has 0 aliphatic carbocycles. The first kappa shape index (κ1) is 13.0. The summed E-state index contributed by atoms with van der Waals surface area (Å²) in [5, 5.41) is 7.86. The van der Waals surface area contributed by atoms with Crippen molar-refractivity contribution in [2.24, 2.45) is 0 Å². The molecule has 4 nitrogen and oxygen atoms in total. The van der Waals surface area contributed by atoms with Crippen LogP contribution in [0.5, 0.6) is 0 Å². The van der Waals surface area contributed by atoms with Gasteiger partial charge in [0.15, 0.2) is 0 Å². The monoisotopic (exact) mass is 375 g/mol. The molecule has 0 aliphatic heterocycles. The Labute approximate surface area is 129 Å². The zero-order chi connectivity index (χ0) is 13.9. The van der Waals surface area contributed by atoms with E-state index in [1.54, 1.807) is 10.7 Å². The van der Waals surface area contributed by atoms with E-state index in [4.69, 9.17) is 0 Å². The molecule has 0 bridgehead atoms. The van der Waals surface area contributed by atoms with Crippen LogP contribution in [0.4, 0.5) is 0 Å². The van der Waals surface area contributed by atoms with Crippen LogP contribution in [0.15, 0.2) is 60.8 Å². The van der Waals surface area contributed by atoms with E-state index in [0.29, 0.717) is 11.3 Å². The van der Waals surface area contributed by atoms with Crippen molar-refractivity contribution in [2.45, 2.75) is 0 Å². The highest BCUT2D eigenvalue weighted by atomic mass is 127. The molecule has 1 aromatic heterocycles. The van der Waals surface area contributed by atoms with Crippen LogP contribution < -0.4 is 0 Å². The summed E-state index contributed by atoms with van der Waals surface area (Å²) in [6.45, 7) is 0. The minimum atomic E-state index is -0.0858. The van der Waals surface area contributed by atoms with Gasteiger partial charge in [-0.3, -0.25) is 4.79 Å². The number of rotatable bonds is 3. The number of benzene rings is 2. The number of nitrogens with zero attached hydrogens (tertiary/aromatic N) is 3. The standard InChI is InChI=1S/C15H10IN3O/c16-12-6-4-5-11(9-12)15(20)14-10-17-18-19(14)13-7-2-1-3-8-13/h1-10H. The molecule has 0 amide bonds. The van der Waals surface area contributed by atoms with Crippen molar-refractivity contribution in [1.82, 2.24) is 15.0 Å².